The minimum atomic E-state index is -0.150. The van der Waals surface area contributed by atoms with Gasteiger partial charge >= 0.3 is 5.97 Å². The van der Waals surface area contributed by atoms with Gasteiger partial charge in [-0.05, 0) is 42.2 Å². The zero-order valence-corrected chi connectivity index (χ0v) is 18.6. The number of halogens is 1. The molecule has 1 aliphatic rings. The predicted octanol–water partition coefficient (Wildman–Crippen LogP) is 4.26. The Morgan fingerprint density at radius 1 is 1.26 bits per heavy atom. The lowest BCUT2D eigenvalue weighted by Crippen LogP contribution is -2.50. The SMILES string of the molecule is COC(=O)C1CN(Cc2ccc(-c3noc(-c4ccc(CC(C)C)c(Cl)c4)n3)cn2)C1. The van der Waals surface area contributed by atoms with Crippen LogP contribution in [0.15, 0.2) is 41.1 Å². The van der Waals surface area contributed by atoms with Crippen LogP contribution in [0.2, 0.25) is 5.02 Å². The number of hydrogen-bond donors (Lipinski definition) is 0. The Morgan fingerprint density at radius 2 is 2.03 bits per heavy atom. The molecule has 0 atom stereocenters. The third-order valence-electron chi connectivity index (χ3n) is 5.31. The van der Waals surface area contributed by atoms with E-state index in [1.54, 1.807) is 6.20 Å². The first kappa shape index (κ1) is 21.5. The standard InChI is InChI=1S/C23H25ClN4O3/c1-14(2)8-15-4-5-16(9-20(15)24)22-26-21(27-31-22)17-6-7-19(25-10-17)13-28-11-18(12-28)23(29)30-3/h4-7,9-10,14,18H,8,11-13H2,1-3H3. The molecule has 162 valence electrons. The molecule has 0 radical (unpaired) electrons. The maximum absolute atomic E-state index is 11.5. The monoisotopic (exact) mass is 440 g/mol. The van der Waals surface area contributed by atoms with Crippen molar-refractivity contribution in [1.29, 1.82) is 0 Å². The van der Waals surface area contributed by atoms with Crippen LogP contribution in [0.25, 0.3) is 22.8 Å². The summed E-state index contributed by atoms with van der Waals surface area (Å²) < 4.78 is 10.2. The van der Waals surface area contributed by atoms with E-state index in [-0.39, 0.29) is 11.9 Å². The van der Waals surface area contributed by atoms with E-state index < -0.39 is 0 Å². The Kier molecular flexibility index (Phi) is 6.34. The summed E-state index contributed by atoms with van der Waals surface area (Å²) in [7, 11) is 1.42. The minimum Gasteiger partial charge on any atom is -0.469 e. The van der Waals surface area contributed by atoms with Gasteiger partial charge in [-0.25, -0.2) is 0 Å². The highest BCUT2D eigenvalue weighted by Crippen LogP contribution is 2.28. The van der Waals surface area contributed by atoms with Crippen LogP contribution >= 0.6 is 11.6 Å². The number of esters is 1. The van der Waals surface area contributed by atoms with Crippen LogP contribution in [0.1, 0.15) is 25.1 Å². The molecule has 1 fully saturated rings. The predicted molar refractivity (Wildman–Crippen MR) is 117 cm³/mol. The number of carbonyl (C=O) groups excluding carboxylic acids is 1. The topological polar surface area (TPSA) is 81.4 Å². The van der Waals surface area contributed by atoms with E-state index >= 15 is 0 Å². The van der Waals surface area contributed by atoms with Gasteiger partial charge in [0.2, 0.25) is 5.82 Å². The van der Waals surface area contributed by atoms with Crippen molar-refractivity contribution in [2.24, 2.45) is 11.8 Å². The van der Waals surface area contributed by atoms with Crippen molar-refractivity contribution in [3.8, 4) is 22.8 Å². The molecule has 1 aliphatic heterocycles. The van der Waals surface area contributed by atoms with Gasteiger partial charge in [-0.2, -0.15) is 4.98 Å². The van der Waals surface area contributed by atoms with Crippen LogP contribution in [0.4, 0.5) is 0 Å². The minimum absolute atomic E-state index is 0.0324. The first-order valence-electron chi connectivity index (χ1n) is 10.3. The number of nitrogens with zero attached hydrogens (tertiary/aromatic N) is 4. The van der Waals surface area contributed by atoms with E-state index in [9.17, 15) is 4.79 Å². The largest absolute Gasteiger partial charge is 0.469 e. The number of likely N-dealkylation sites (tertiary alicyclic amines) is 1. The zero-order chi connectivity index (χ0) is 22.0. The molecule has 0 amide bonds. The Hall–Kier alpha value is -2.77. The fourth-order valence-electron chi connectivity index (χ4n) is 3.64. The van der Waals surface area contributed by atoms with Crippen molar-refractivity contribution < 1.29 is 14.1 Å². The Bertz CT molecular complexity index is 1060. The van der Waals surface area contributed by atoms with E-state index in [0.717, 1.165) is 28.8 Å². The van der Waals surface area contributed by atoms with Gasteiger partial charge in [-0.1, -0.05) is 36.7 Å². The van der Waals surface area contributed by atoms with E-state index in [4.69, 9.17) is 20.9 Å². The molecule has 0 saturated carbocycles. The normalized spacial score (nSPS) is 14.6. The van der Waals surface area contributed by atoms with Crippen LogP contribution in [0.3, 0.4) is 0 Å². The first-order valence-corrected chi connectivity index (χ1v) is 10.7. The number of benzene rings is 1. The van der Waals surface area contributed by atoms with Gasteiger partial charge in [-0.3, -0.25) is 14.7 Å². The van der Waals surface area contributed by atoms with E-state index in [1.807, 2.05) is 30.3 Å². The van der Waals surface area contributed by atoms with E-state index in [2.05, 4.69) is 33.9 Å². The second-order valence-electron chi connectivity index (χ2n) is 8.28. The molecule has 3 heterocycles. The molecule has 1 saturated heterocycles. The molecule has 4 rings (SSSR count). The van der Waals surface area contributed by atoms with Gasteiger partial charge in [0.15, 0.2) is 0 Å². The average Bonchev–Trinajstić information content (AvgIpc) is 3.22. The molecule has 0 spiro atoms. The second-order valence-corrected chi connectivity index (χ2v) is 8.69. The molecule has 31 heavy (non-hydrogen) atoms. The maximum Gasteiger partial charge on any atom is 0.311 e. The lowest BCUT2D eigenvalue weighted by Gasteiger charge is -2.36. The summed E-state index contributed by atoms with van der Waals surface area (Å²) in [4.78, 5) is 22.6. The van der Waals surface area contributed by atoms with Gasteiger partial charge in [0.1, 0.15) is 0 Å². The van der Waals surface area contributed by atoms with Crippen LogP contribution in [-0.2, 0) is 22.5 Å². The lowest BCUT2D eigenvalue weighted by molar-refractivity contribution is -0.151. The number of carbonyl (C=O) groups is 1. The van der Waals surface area contributed by atoms with E-state index in [0.29, 0.717) is 42.3 Å². The van der Waals surface area contributed by atoms with Crippen LogP contribution < -0.4 is 0 Å². The summed E-state index contributed by atoms with van der Waals surface area (Å²) in [6, 6.07) is 9.70. The van der Waals surface area contributed by atoms with E-state index in [1.165, 1.54) is 7.11 Å². The van der Waals surface area contributed by atoms with Crippen LogP contribution in [-0.4, -0.2) is 46.2 Å². The summed E-state index contributed by atoms with van der Waals surface area (Å²) >= 11 is 6.43. The summed E-state index contributed by atoms with van der Waals surface area (Å²) in [6.07, 6.45) is 2.66. The third-order valence-corrected chi connectivity index (χ3v) is 5.67. The van der Waals surface area contributed by atoms with Crippen molar-refractivity contribution in [2.75, 3.05) is 20.2 Å². The second kappa shape index (κ2) is 9.16. The number of aromatic nitrogens is 3. The fourth-order valence-corrected chi connectivity index (χ4v) is 3.90. The molecule has 0 N–H and O–H groups in total. The van der Waals surface area contributed by atoms with Crippen molar-refractivity contribution in [3.05, 3.63) is 52.8 Å². The summed E-state index contributed by atoms with van der Waals surface area (Å²) in [5, 5.41) is 4.79. The molecule has 7 nitrogen and oxygen atoms in total. The van der Waals surface area contributed by atoms with Gasteiger partial charge in [0.25, 0.3) is 5.89 Å². The number of ether oxygens (including phenoxy) is 1. The number of pyridine rings is 1. The summed E-state index contributed by atoms with van der Waals surface area (Å²) in [6.45, 7) is 6.41. The Labute approximate surface area is 186 Å². The molecule has 3 aromatic rings. The first-order chi connectivity index (χ1) is 14.9. The molecular formula is C23H25ClN4O3. The Morgan fingerprint density at radius 3 is 2.68 bits per heavy atom. The smallest absolute Gasteiger partial charge is 0.311 e. The lowest BCUT2D eigenvalue weighted by atomic mass is 10.0. The summed E-state index contributed by atoms with van der Waals surface area (Å²) in [5.74, 6) is 1.25. The zero-order valence-electron chi connectivity index (χ0n) is 17.8. The fraction of sp³-hybridized carbons (Fsp3) is 0.391. The summed E-state index contributed by atoms with van der Waals surface area (Å²) in [5.41, 5.74) is 3.60. The maximum atomic E-state index is 11.5. The molecule has 0 unspecified atom stereocenters. The molecule has 1 aromatic carbocycles. The van der Waals surface area contributed by atoms with Crippen LogP contribution in [0, 0.1) is 11.8 Å². The van der Waals surface area contributed by atoms with Gasteiger partial charge < -0.3 is 9.26 Å². The molecule has 8 heteroatoms. The highest BCUT2D eigenvalue weighted by atomic mass is 35.5. The van der Waals surface area contributed by atoms with Gasteiger partial charge in [0, 0.05) is 42.0 Å². The van der Waals surface area contributed by atoms with Crippen molar-refractivity contribution in [3.63, 3.8) is 0 Å². The highest BCUT2D eigenvalue weighted by molar-refractivity contribution is 6.31. The molecule has 2 aromatic heterocycles. The molecule has 0 aliphatic carbocycles. The van der Waals surface area contributed by atoms with Crippen molar-refractivity contribution >= 4 is 17.6 Å². The molecular weight excluding hydrogens is 416 g/mol. The van der Waals surface area contributed by atoms with Crippen molar-refractivity contribution in [1.82, 2.24) is 20.0 Å². The number of methoxy groups -OCH3 is 1. The highest BCUT2D eigenvalue weighted by Gasteiger charge is 2.33. The third kappa shape index (κ3) is 4.94. The molecule has 0 bridgehead atoms. The number of rotatable bonds is 7. The Balaban J connectivity index is 1.40. The average molecular weight is 441 g/mol. The number of hydrogen-bond acceptors (Lipinski definition) is 7. The van der Waals surface area contributed by atoms with Crippen LogP contribution in [0.5, 0.6) is 0 Å². The van der Waals surface area contributed by atoms with Gasteiger partial charge in [0.05, 0.1) is 18.7 Å². The quantitative estimate of drug-likeness (QED) is 0.508. The van der Waals surface area contributed by atoms with Gasteiger partial charge in [-0.15, -0.1) is 0 Å². The van der Waals surface area contributed by atoms with Crippen molar-refractivity contribution in [2.45, 2.75) is 26.8 Å².